The molecule has 0 amide bonds. The van der Waals surface area contributed by atoms with E-state index in [1.165, 1.54) is 0 Å². The first-order valence-electron chi connectivity index (χ1n) is 15.8. The van der Waals surface area contributed by atoms with Crippen LogP contribution in [0, 0.1) is 0 Å². The monoisotopic (exact) mass is 858 g/mol. The average Bonchev–Trinajstić information content (AvgIpc) is 2.91. The van der Waals surface area contributed by atoms with Gasteiger partial charge in [0.1, 0.15) is 0 Å². The van der Waals surface area contributed by atoms with Gasteiger partial charge in [0.05, 0.1) is 0 Å². The van der Waals surface area contributed by atoms with Gasteiger partial charge in [-0.3, -0.25) is 0 Å². The molecular weight excluding hydrogens is 803 g/mol. The van der Waals surface area contributed by atoms with Crippen LogP contribution in [0.4, 0.5) is 0 Å². The smallest absolute Gasteiger partial charge is 0.848 e. The van der Waals surface area contributed by atoms with Crippen molar-refractivity contribution in [2.45, 2.75) is 151 Å². The number of hydrogen-bond donors (Lipinski definition) is 0. The van der Waals surface area contributed by atoms with E-state index in [4.69, 9.17) is 0 Å². The number of unbranched alkanes of at least 4 members (excludes halogenated alkanes) is 4. The van der Waals surface area contributed by atoms with Gasteiger partial charge in [-0.1, -0.05) is 103 Å². The maximum Gasteiger partial charge on any atom is 2.00 e. The molecule has 0 saturated carbocycles. The standard InChI is InChI=1S/2C16H30O3PS.3Zn/c2*1-5-9-13-15(11-7-3)21(20(17,18)19)16(12-8-4)14-10-6-2;;;/h2*7-8,15-16H,3-6,9-14H2,1-2H3;;;/q2*-3;3*+2. The van der Waals surface area contributed by atoms with Crippen molar-refractivity contribution in [1.29, 1.82) is 0 Å². The molecule has 0 spiro atoms. The largest absolute Gasteiger partial charge is 2.00 e. The Balaban J connectivity index is -0.000000222. The van der Waals surface area contributed by atoms with E-state index < -0.39 is 33.6 Å². The molecule has 0 saturated heterocycles. The van der Waals surface area contributed by atoms with Crippen molar-refractivity contribution >= 4 is 33.6 Å². The second-order valence-corrected chi connectivity index (χ2v) is 21.8. The Morgan fingerprint density at radius 3 is 0.733 bits per heavy atom. The molecule has 4 atom stereocenters. The summed E-state index contributed by atoms with van der Waals surface area (Å²) in [6, 6.07) is 0. The molecule has 0 fully saturated rings. The maximum absolute atomic E-state index is 11.9. The molecule has 0 aliphatic carbocycles. The second-order valence-electron chi connectivity index (χ2n) is 10.7. The van der Waals surface area contributed by atoms with Crippen LogP contribution in [0.15, 0.2) is 50.6 Å². The van der Waals surface area contributed by atoms with Crippen LogP contribution in [0.5, 0.6) is 0 Å². The summed E-state index contributed by atoms with van der Waals surface area (Å²) < 4.78 is 0. The third-order valence-corrected chi connectivity index (χ3v) is 19.3. The van der Waals surface area contributed by atoms with Gasteiger partial charge in [0.25, 0.3) is 0 Å². The summed E-state index contributed by atoms with van der Waals surface area (Å²) in [6.07, 6.45) is 20.5. The molecule has 45 heavy (non-hydrogen) atoms. The maximum atomic E-state index is 11.9. The zero-order valence-corrected chi connectivity index (χ0v) is 41.4. The average molecular weight is 863 g/mol. The summed E-state index contributed by atoms with van der Waals surface area (Å²) in [5, 5.41) is -0.314. The molecule has 0 aromatic rings. The van der Waals surface area contributed by atoms with Gasteiger partial charge in [-0.15, -0.1) is 26.3 Å². The predicted octanol–water partition coefficient (Wildman–Crippen LogP) is 5.26. The van der Waals surface area contributed by atoms with Crippen molar-refractivity contribution < 1.29 is 87.8 Å². The molecule has 0 rings (SSSR count). The van der Waals surface area contributed by atoms with Crippen molar-refractivity contribution in [1.82, 2.24) is 0 Å². The molecule has 0 radical (unpaired) electrons. The van der Waals surface area contributed by atoms with E-state index >= 15 is 0 Å². The summed E-state index contributed by atoms with van der Waals surface area (Å²) in [7, 11) is -2.24. The van der Waals surface area contributed by atoms with Crippen molar-refractivity contribution in [3.8, 4) is 0 Å². The first-order valence-corrected chi connectivity index (χ1v) is 22.8. The zero-order chi connectivity index (χ0) is 32.6. The van der Waals surface area contributed by atoms with Crippen LogP contribution in [0.2, 0.25) is 0 Å². The summed E-state index contributed by atoms with van der Waals surface area (Å²) in [4.78, 5) is 71.4. The Morgan fingerprint density at radius 2 is 0.622 bits per heavy atom. The normalized spacial score (nSPS) is 15.2. The van der Waals surface area contributed by atoms with Gasteiger partial charge >= 0.3 is 58.4 Å². The molecule has 0 aromatic carbocycles. The summed E-state index contributed by atoms with van der Waals surface area (Å²) in [5.41, 5.74) is 0. The molecule has 4 unspecified atom stereocenters. The minimum absolute atomic E-state index is 0. The minimum atomic E-state index is -4.60. The Morgan fingerprint density at radius 1 is 0.444 bits per heavy atom. The fourth-order valence-electron chi connectivity index (χ4n) is 5.09. The minimum Gasteiger partial charge on any atom is -0.848 e. The molecule has 0 bridgehead atoms. The molecule has 13 heteroatoms. The first-order chi connectivity index (χ1) is 19.8. The quantitative estimate of drug-likeness (QED) is 0.0738. The van der Waals surface area contributed by atoms with E-state index in [2.05, 4.69) is 54.0 Å². The van der Waals surface area contributed by atoms with E-state index in [1.54, 1.807) is 24.3 Å². The third kappa shape index (κ3) is 26.6. The van der Waals surface area contributed by atoms with Crippen LogP contribution in [0.25, 0.3) is 0 Å². The van der Waals surface area contributed by atoms with Crippen LogP contribution in [-0.4, -0.2) is 21.0 Å². The van der Waals surface area contributed by atoms with Gasteiger partial charge in [-0.2, -0.15) is 0 Å². The molecule has 0 heterocycles. The van der Waals surface area contributed by atoms with Gasteiger partial charge in [0.2, 0.25) is 0 Å². The van der Waals surface area contributed by atoms with Gasteiger partial charge in [0.15, 0.2) is 0 Å². The number of allylic oxidation sites excluding steroid dienone is 4. The molecule has 0 aliphatic heterocycles. The van der Waals surface area contributed by atoms with Crippen LogP contribution in [-0.2, 0) is 78.6 Å². The van der Waals surface area contributed by atoms with Crippen LogP contribution >= 0.6 is 13.4 Å². The van der Waals surface area contributed by atoms with Crippen LogP contribution in [0.1, 0.15) is 130 Å². The summed E-state index contributed by atoms with van der Waals surface area (Å²) in [6.45, 7) is 14.0. The SMILES string of the molecule is C=CCC(CCCC)S(C(CC=C)CCCC)=P([O-])([O-])[O-].C=CCC(CCCC)S(C(CC=C)CCCC)=P([O-])([O-])[O-].[Zn+2].[Zn+2].[Zn+2]. The van der Waals surface area contributed by atoms with E-state index in [-0.39, 0.29) is 79.4 Å². The Hall–Kier alpha value is 2.15. The second kappa shape index (κ2) is 34.6. The van der Waals surface area contributed by atoms with E-state index in [9.17, 15) is 29.4 Å². The van der Waals surface area contributed by atoms with Gasteiger partial charge in [0, 0.05) is 0 Å². The Bertz CT molecular complexity index is 746. The number of rotatable bonds is 24. The Labute approximate surface area is 320 Å². The zero-order valence-electron chi connectivity index (χ0n) is 29.0. The third-order valence-electron chi connectivity index (χ3n) is 7.12. The fraction of sp³-hybridized carbons (Fsp3) is 0.750. The predicted molar refractivity (Wildman–Crippen MR) is 181 cm³/mol. The molecule has 6 nitrogen and oxygen atoms in total. The van der Waals surface area contributed by atoms with Crippen molar-refractivity contribution in [2.75, 3.05) is 0 Å². The van der Waals surface area contributed by atoms with Crippen molar-refractivity contribution in [3.05, 3.63) is 50.6 Å². The summed E-state index contributed by atoms with van der Waals surface area (Å²) >= 11 is 0. The van der Waals surface area contributed by atoms with Crippen LogP contribution in [0.3, 0.4) is 0 Å². The molecular formula is C32H60O6P2S2Zn3. The molecule has 252 valence electrons. The summed E-state index contributed by atoms with van der Waals surface area (Å²) in [5.74, 6) is 0. The van der Waals surface area contributed by atoms with Crippen molar-refractivity contribution in [2.24, 2.45) is 0 Å². The first kappa shape index (κ1) is 56.5. The van der Waals surface area contributed by atoms with Crippen molar-refractivity contribution in [3.63, 3.8) is 0 Å². The topological polar surface area (TPSA) is 138 Å². The molecule has 0 aliphatic rings. The van der Waals surface area contributed by atoms with Crippen LogP contribution < -0.4 is 29.4 Å². The number of hydrogen-bond acceptors (Lipinski definition) is 6. The molecule has 0 aromatic heterocycles. The van der Waals surface area contributed by atoms with Gasteiger partial charge in [-0.05, 0) is 72.4 Å². The van der Waals surface area contributed by atoms with Gasteiger partial charge < -0.3 is 42.8 Å². The molecule has 0 N–H and O–H groups in total. The van der Waals surface area contributed by atoms with E-state index in [0.717, 1.165) is 77.0 Å². The van der Waals surface area contributed by atoms with E-state index in [1.807, 2.05) is 0 Å². The van der Waals surface area contributed by atoms with Gasteiger partial charge in [-0.25, -0.2) is 20.1 Å². The van der Waals surface area contributed by atoms with E-state index in [0.29, 0.717) is 25.7 Å². The Kier molecular flexibility index (Phi) is 43.5. The fourth-order valence-corrected chi connectivity index (χ4v) is 17.3.